The normalized spacial score (nSPS) is 11.8. The van der Waals surface area contributed by atoms with Gasteiger partial charge in [0, 0.05) is 23.4 Å². The molecule has 0 atom stereocenters. The van der Waals surface area contributed by atoms with E-state index in [0.717, 1.165) is 60.7 Å². The van der Waals surface area contributed by atoms with E-state index in [4.69, 9.17) is 10.5 Å². The molecule has 14 N–H and O–H groups in total. The van der Waals surface area contributed by atoms with Crippen molar-refractivity contribution in [3.8, 4) is 11.5 Å². The number of aromatic carboxylic acids is 4. The molecule has 0 unspecified atom stereocenters. The van der Waals surface area contributed by atoms with Crippen LogP contribution in [0.25, 0.3) is 21.5 Å². The van der Waals surface area contributed by atoms with Crippen molar-refractivity contribution < 1.29 is 110 Å². The zero-order valence-corrected chi connectivity index (χ0v) is 48.1. The van der Waals surface area contributed by atoms with Crippen LogP contribution >= 0.6 is 24.1 Å². The lowest BCUT2D eigenvalue weighted by molar-refractivity contribution is -0.655. The van der Waals surface area contributed by atoms with Gasteiger partial charge in [0.05, 0.1) is 94.4 Å². The number of nitrogens with zero attached hydrogens (tertiary/aromatic N) is 10. The zero-order chi connectivity index (χ0) is 64.9. The fourth-order valence-electron chi connectivity index (χ4n) is 8.22. The topological polar surface area (TPSA) is 542 Å². The number of carboxylic acid groups (broad SMARTS) is 4. The second-order valence-corrected chi connectivity index (χ2v) is 22.4. The van der Waals surface area contributed by atoms with E-state index in [2.05, 4.69) is 85.5 Å². The van der Waals surface area contributed by atoms with Crippen molar-refractivity contribution in [3.63, 3.8) is 0 Å². The van der Waals surface area contributed by atoms with E-state index in [-0.39, 0.29) is 108 Å². The van der Waals surface area contributed by atoms with Crippen LogP contribution in [-0.4, -0.2) is 116 Å². The van der Waals surface area contributed by atoms with Gasteiger partial charge in [0.2, 0.25) is 11.9 Å². The average molecular weight is 1310 g/mol. The van der Waals surface area contributed by atoms with Crippen LogP contribution in [-0.2, 0) is 39.0 Å². The van der Waals surface area contributed by atoms with Crippen molar-refractivity contribution >= 4 is 153 Å². The van der Waals surface area contributed by atoms with Crippen LogP contribution in [0.1, 0.15) is 53.1 Å². The molecular weight excluding hydrogens is 1280 g/mol. The molecule has 2 heterocycles. The third-order valence-corrected chi connectivity index (χ3v) is 15.0. The van der Waals surface area contributed by atoms with Gasteiger partial charge >= 0.3 is 29.8 Å². The highest BCUT2D eigenvalue weighted by molar-refractivity contribution is 7.95. The van der Waals surface area contributed by atoms with Crippen molar-refractivity contribution in [2.45, 2.75) is 33.4 Å². The number of carbonyl (C=O) groups is 4. The predicted octanol–water partition coefficient (Wildman–Crippen LogP) is 9.36. The van der Waals surface area contributed by atoms with E-state index < -0.39 is 99.0 Å². The molecule has 0 radical (unpaired) electrons. The van der Waals surface area contributed by atoms with Gasteiger partial charge in [-0.1, -0.05) is 20.0 Å². The lowest BCUT2D eigenvalue weighted by Gasteiger charge is -2.15. The number of hydrogen-bond donors (Lipinski definition) is 14. The minimum absolute atomic E-state index is 0.0710. The summed E-state index contributed by atoms with van der Waals surface area (Å²) in [6.45, 7) is 3.04. The molecule has 0 amide bonds. The summed E-state index contributed by atoms with van der Waals surface area (Å²) in [4.78, 5) is 66.9. The Morgan fingerprint density at radius 1 is 0.522 bits per heavy atom. The molecule has 0 spiro atoms. The van der Waals surface area contributed by atoms with Crippen LogP contribution in [0.4, 0.5) is 63.3 Å². The molecule has 7 aromatic carbocycles. The van der Waals surface area contributed by atoms with Gasteiger partial charge < -0.3 is 41.3 Å². The standard InChI is InChI=1S/C50H36N14O22S4/c1-20-52-49(58-50(53-20)57-35-18-33(90(80,81)82)14-23-16-37(88-86-84-76)41(43(66)39(23)35)62-60-31-11-26(46(71)72)8-27(12-31)47(73)74)55-28-3-5-29(6-4-28)63-64-19-51-48(54-21(64)2)56-34-17-32(89(77,78)79)13-22-15-36(87-85-83-75)40(42(65)38(22)34)61-59-30-9-24(44(67)68)7-25(10-30)45(69)70/h3-19H,1-2H3,(H13,52,53,55,57,58,59,60,61,62,63,65,66,67,68,69,70,71,72,73,74,75,76,77,78,79,80,81,82)/p+1. The van der Waals surface area contributed by atoms with Gasteiger partial charge in [-0.05, 0) is 115 Å². The molecule has 0 saturated carbocycles. The molecule has 0 fully saturated rings. The number of aromatic nitrogens is 6. The van der Waals surface area contributed by atoms with E-state index >= 15 is 0 Å². The van der Waals surface area contributed by atoms with Crippen LogP contribution in [0.3, 0.4) is 0 Å². The molecule has 0 bridgehead atoms. The van der Waals surface area contributed by atoms with E-state index in [1.807, 2.05) is 0 Å². The minimum Gasteiger partial charge on any atom is -0.505 e. The van der Waals surface area contributed by atoms with Crippen LogP contribution in [0, 0.1) is 13.8 Å². The molecule has 0 aliphatic rings. The maximum atomic E-state index is 12.6. The highest BCUT2D eigenvalue weighted by atomic mass is 32.2. The van der Waals surface area contributed by atoms with Crippen LogP contribution in [0.5, 0.6) is 11.5 Å². The highest BCUT2D eigenvalue weighted by Crippen LogP contribution is 2.49. The summed E-state index contributed by atoms with van der Waals surface area (Å²) in [6, 6.07) is 18.3. The number of hydrogen-bond acceptors (Lipinski definition) is 31. The highest BCUT2D eigenvalue weighted by Gasteiger charge is 2.26. The Hall–Kier alpha value is -10.8. The number of azo groups is 2. The predicted molar refractivity (Wildman–Crippen MR) is 308 cm³/mol. The first kappa shape index (κ1) is 63.7. The molecule has 9 rings (SSSR count). The third-order valence-electron chi connectivity index (χ3n) is 12.0. The summed E-state index contributed by atoms with van der Waals surface area (Å²) < 4.78 is 80.9. The summed E-state index contributed by atoms with van der Waals surface area (Å²) in [5.74, 6) is -7.66. The number of phenols is 2. The fourth-order valence-corrected chi connectivity index (χ4v) is 10.3. The van der Waals surface area contributed by atoms with Crippen molar-refractivity contribution in [1.29, 1.82) is 0 Å². The Labute approximate surface area is 509 Å². The second kappa shape index (κ2) is 26.3. The maximum absolute atomic E-state index is 12.6. The summed E-state index contributed by atoms with van der Waals surface area (Å²) in [5.41, 5.74) is 0.0641. The van der Waals surface area contributed by atoms with Gasteiger partial charge in [0.1, 0.15) is 17.2 Å². The third kappa shape index (κ3) is 14.8. The lowest BCUT2D eigenvalue weighted by atomic mass is 10.1. The number of benzene rings is 7. The molecule has 462 valence electrons. The minimum atomic E-state index is -4.97. The number of aryl methyl sites for hydroxylation is 2. The number of anilines is 7. The quantitative estimate of drug-likeness (QED) is 0.00668. The Balaban J connectivity index is 0.974. The summed E-state index contributed by atoms with van der Waals surface area (Å²) >= 11 is 0.490. The van der Waals surface area contributed by atoms with Gasteiger partial charge in [-0.3, -0.25) is 14.4 Å². The van der Waals surface area contributed by atoms with E-state index in [0.29, 0.717) is 11.4 Å². The monoisotopic (exact) mass is 1310 g/mol. The maximum Gasteiger partial charge on any atom is 0.379 e. The molecular formula is C50H37N14O22S4+. The first-order chi connectivity index (χ1) is 42.6. The zero-order valence-electron chi connectivity index (χ0n) is 44.8. The number of phenolic OH excluding ortho intramolecular Hbond substituents is 2. The van der Waals surface area contributed by atoms with Gasteiger partial charge in [-0.2, -0.15) is 42.0 Å². The van der Waals surface area contributed by atoms with Crippen molar-refractivity contribution in [3.05, 3.63) is 137 Å². The molecule has 0 aliphatic carbocycles. The first-order valence-electron chi connectivity index (χ1n) is 24.3. The Bertz CT molecular complexity index is 4680. The molecule has 9 aromatic rings. The van der Waals surface area contributed by atoms with E-state index in [1.54, 1.807) is 31.2 Å². The average Bonchev–Trinajstić information content (AvgIpc) is 0.843. The summed E-state index contributed by atoms with van der Waals surface area (Å²) in [6.07, 6.45) is 1.27. The largest absolute Gasteiger partial charge is 0.505 e. The van der Waals surface area contributed by atoms with Gasteiger partial charge in [0.15, 0.2) is 11.5 Å². The smallest absolute Gasteiger partial charge is 0.379 e. The van der Waals surface area contributed by atoms with Gasteiger partial charge in [-0.25, -0.2) is 35.1 Å². The van der Waals surface area contributed by atoms with Crippen LogP contribution < -0.4 is 26.1 Å². The Morgan fingerprint density at radius 2 is 0.933 bits per heavy atom. The number of aromatic hydroxyl groups is 2. The Kier molecular flexibility index (Phi) is 18.6. The lowest BCUT2D eigenvalue weighted by Crippen LogP contribution is -2.46. The number of carboxylic acids is 4. The molecule has 0 saturated heterocycles. The molecule has 40 heteroatoms. The van der Waals surface area contributed by atoms with E-state index in [1.165, 1.54) is 30.1 Å². The molecule has 0 aliphatic heterocycles. The molecule has 2 aromatic heterocycles. The van der Waals surface area contributed by atoms with Crippen LogP contribution in [0.15, 0.2) is 143 Å². The van der Waals surface area contributed by atoms with Gasteiger partial charge in [0.25, 0.3) is 32.4 Å². The van der Waals surface area contributed by atoms with Gasteiger partial charge in [-0.15, -0.1) is 23.6 Å². The second-order valence-electron chi connectivity index (χ2n) is 18.0. The molecule has 90 heavy (non-hydrogen) atoms. The first-order valence-corrected chi connectivity index (χ1v) is 28.7. The van der Waals surface area contributed by atoms with E-state index in [9.17, 15) is 75.8 Å². The SMILES string of the molecule is Cc1nc(Nc2ccc(N[n+]3cnc(Nc4cc(S(=O)(=O)O)cc5cc(SOOO)c(N=Nc6cc(C(=O)O)cc(C(=O)O)c6)c(O)c45)nc3C)cc2)nc(Nc2cc(S(=O)(=O)O)cc3cc(SOOO)c(N=Nc4cc(C(=O)O)cc(C(=O)O)c4)c(O)c23)n1. The summed E-state index contributed by atoms with van der Waals surface area (Å²) in [5, 5.41) is 111. The van der Waals surface area contributed by atoms with Crippen LogP contribution in [0.2, 0.25) is 0 Å². The number of rotatable bonds is 24. The van der Waals surface area contributed by atoms with Crippen molar-refractivity contribution in [2.24, 2.45) is 20.5 Å². The number of fused-ring (bicyclic) bond motifs is 2. The van der Waals surface area contributed by atoms with Crippen molar-refractivity contribution in [1.82, 2.24) is 24.9 Å². The fraction of sp³-hybridized carbons (Fsp3) is 0.0400. The molecule has 36 nitrogen and oxygen atoms in total. The number of nitrogens with one attached hydrogen (secondary N) is 4. The van der Waals surface area contributed by atoms with Crippen molar-refractivity contribution in [2.75, 3.05) is 21.4 Å². The Morgan fingerprint density at radius 3 is 1.33 bits per heavy atom. The summed E-state index contributed by atoms with van der Waals surface area (Å²) in [7, 11) is -9.92.